The van der Waals surface area contributed by atoms with E-state index in [-0.39, 0.29) is 5.91 Å². The molecule has 1 unspecified atom stereocenters. The number of ether oxygens (including phenoxy) is 2. The van der Waals surface area contributed by atoms with Crippen molar-refractivity contribution in [3.63, 3.8) is 0 Å². The summed E-state index contributed by atoms with van der Waals surface area (Å²) in [5, 5.41) is 2.84. The number of benzene rings is 1. The van der Waals surface area contributed by atoms with Crippen molar-refractivity contribution in [2.24, 2.45) is 5.92 Å². The summed E-state index contributed by atoms with van der Waals surface area (Å²) in [4.78, 5) is 14.2. The van der Waals surface area contributed by atoms with Crippen LogP contribution in [0.5, 0.6) is 5.75 Å². The second kappa shape index (κ2) is 7.28. The zero-order chi connectivity index (χ0) is 15.2. The summed E-state index contributed by atoms with van der Waals surface area (Å²) in [5.41, 5.74) is 7.01. The monoisotopic (exact) mass is 293 g/mol. The first-order chi connectivity index (χ1) is 10.1. The fraction of sp³-hybridized carbons (Fsp3) is 0.533. The highest BCUT2D eigenvalue weighted by atomic mass is 16.5. The number of rotatable bonds is 6. The number of nitrogens with two attached hydrogens (primary N) is 1. The lowest BCUT2D eigenvalue weighted by atomic mass is 10.1. The van der Waals surface area contributed by atoms with Crippen LogP contribution < -0.4 is 15.8 Å². The van der Waals surface area contributed by atoms with Gasteiger partial charge in [-0.3, -0.25) is 9.69 Å². The molecule has 1 aromatic carbocycles. The van der Waals surface area contributed by atoms with Crippen LogP contribution in [0.3, 0.4) is 0 Å². The van der Waals surface area contributed by atoms with Gasteiger partial charge in [-0.2, -0.15) is 0 Å². The summed E-state index contributed by atoms with van der Waals surface area (Å²) < 4.78 is 10.2. The van der Waals surface area contributed by atoms with Crippen LogP contribution in [0.25, 0.3) is 0 Å². The first kappa shape index (κ1) is 15.6. The third kappa shape index (κ3) is 4.34. The summed E-state index contributed by atoms with van der Waals surface area (Å²) in [6.45, 7) is 2.97. The molecule has 1 fully saturated rings. The maximum absolute atomic E-state index is 12.1. The number of likely N-dealkylation sites (tertiary alicyclic amines) is 1. The van der Waals surface area contributed by atoms with E-state index in [1.54, 1.807) is 32.4 Å². The van der Waals surface area contributed by atoms with Gasteiger partial charge >= 0.3 is 0 Å². The topological polar surface area (TPSA) is 76.8 Å². The van der Waals surface area contributed by atoms with Gasteiger partial charge in [-0.05, 0) is 31.0 Å². The van der Waals surface area contributed by atoms with Crippen molar-refractivity contribution < 1.29 is 14.3 Å². The van der Waals surface area contributed by atoms with E-state index in [0.717, 1.165) is 26.1 Å². The van der Waals surface area contributed by atoms with E-state index in [1.165, 1.54) is 0 Å². The van der Waals surface area contributed by atoms with Crippen LogP contribution in [0.1, 0.15) is 6.42 Å². The molecule has 1 saturated heterocycles. The Bertz CT molecular complexity index is 493. The zero-order valence-electron chi connectivity index (χ0n) is 12.6. The number of nitrogen functional groups attached to an aromatic ring is 1. The molecule has 116 valence electrons. The number of anilines is 2. The average Bonchev–Trinajstić information content (AvgIpc) is 2.88. The molecular formula is C15H23N3O3. The second-order valence-electron chi connectivity index (χ2n) is 5.35. The maximum atomic E-state index is 12.1. The highest BCUT2D eigenvalue weighted by Crippen LogP contribution is 2.24. The molecule has 0 spiro atoms. The number of hydrogen-bond donors (Lipinski definition) is 2. The Morgan fingerprint density at radius 3 is 2.95 bits per heavy atom. The molecule has 0 saturated carbocycles. The Morgan fingerprint density at radius 2 is 2.29 bits per heavy atom. The van der Waals surface area contributed by atoms with Crippen LogP contribution in [-0.2, 0) is 9.53 Å². The fourth-order valence-electron chi connectivity index (χ4n) is 2.60. The third-order valence-electron chi connectivity index (χ3n) is 3.67. The molecule has 3 N–H and O–H groups in total. The molecule has 1 aliphatic heterocycles. The smallest absolute Gasteiger partial charge is 0.238 e. The van der Waals surface area contributed by atoms with Gasteiger partial charge in [0.15, 0.2) is 0 Å². The number of carbonyl (C=O) groups is 1. The van der Waals surface area contributed by atoms with Crippen molar-refractivity contribution in [2.45, 2.75) is 6.42 Å². The summed E-state index contributed by atoms with van der Waals surface area (Å²) in [5.74, 6) is 1.14. The third-order valence-corrected chi connectivity index (χ3v) is 3.67. The molecule has 1 aromatic rings. The summed E-state index contributed by atoms with van der Waals surface area (Å²) in [6.07, 6.45) is 1.08. The normalized spacial score (nSPS) is 18.7. The van der Waals surface area contributed by atoms with Crippen LogP contribution in [0, 0.1) is 5.92 Å². The van der Waals surface area contributed by atoms with Crippen LogP contribution in [0.4, 0.5) is 11.4 Å². The molecule has 0 bridgehead atoms. The predicted octanol–water partition coefficient (Wildman–Crippen LogP) is 1.18. The Labute approximate surface area is 125 Å². The van der Waals surface area contributed by atoms with E-state index in [1.807, 2.05) is 0 Å². The number of carbonyl (C=O) groups excluding carboxylic acids is 1. The number of hydrogen-bond acceptors (Lipinski definition) is 5. The quantitative estimate of drug-likeness (QED) is 0.770. The van der Waals surface area contributed by atoms with E-state index < -0.39 is 0 Å². The van der Waals surface area contributed by atoms with Gasteiger partial charge in [0.1, 0.15) is 5.75 Å². The van der Waals surface area contributed by atoms with Gasteiger partial charge in [-0.15, -0.1) is 0 Å². The lowest BCUT2D eigenvalue weighted by Crippen LogP contribution is -2.32. The van der Waals surface area contributed by atoms with Crippen molar-refractivity contribution in [3.8, 4) is 5.75 Å². The molecule has 1 amide bonds. The van der Waals surface area contributed by atoms with Crippen molar-refractivity contribution in [1.82, 2.24) is 4.90 Å². The minimum absolute atomic E-state index is 0.0510. The van der Waals surface area contributed by atoms with Crippen molar-refractivity contribution in [1.29, 1.82) is 0 Å². The van der Waals surface area contributed by atoms with E-state index in [0.29, 0.717) is 29.6 Å². The van der Waals surface area contributed by atoms with Gasteiger partial charge in [0.25, 0.3) is 0 Å². The van der Waals surface area contributed by atoms with Crippen molar-refractivity contribution in [3.05, 3.63) is 18.2 Å². The van der Waals surface area contributed by atoms with Crippen LogP contribution >= 0.6 is 0 Å². The fourth-order valence-corrected chi connectivity index (χ4v) is 2.60. The molecule has 0 aliphatic carbocycles. The van der Waals surface area contributed by atoms with Crippen LogP contribution in [-0.4, -0.2) is 51.3 Å². The molecule has 1 heterocycles. The molecule has 21 heavy (non-hydrogen) atoms. The van der Waals surface area contributed by atoms with Gasteiger partial charge in [-0.25, -0.2) is 0 Å². The van der Waals surface area contributed by atoms with Gasteiger partial charge in [0, 0.05) is 19.7 Å². The molecular weight excluding hydrogens is 270 g/mol. The lowest BCUT2D eigenvalue weighted by Gasteiger charge is -2.16. The van der Waals surface area contributed by atoms with Crippen molar-refractivity contribution in [2.75, 3.05) is 51.5 Å². The van der Waals surface area contributed by atoms with Crippen molar-refractivity contribution >= 4 is 17.3 Å². The Hall–Kier alpha value is -1.79. The van der Waals surface area contributed by atoms with Crippen LogP contribution in [0.2, 0.25) is 0 Å². The largest absolute Gasteiger partial charge is 0.497 e. The number of nitrogens with one attached hydrogen (secondary N) is 1. The molecule has 2 rings (SSSR count). The first-order valence-corrected chi connectivity index (χ1v) is 7.07. The number of nitrogens with zero attached hydrogens (tertiary/aromatic N) is 1. The minimum atomic E-state index is -0.0510. The first-order valence-electron chi connectivity index (χ1n) is 7.07. The SMILES string of the molecule is COCC1CCN(CC(=O)Nc2ccc(OC)cc2N)C1. The average molecular weight is 293 g/mol. The van der Waals surface area contributed by atoms with Gasteiger partial charge in [-0.1, -0.05) is 0 Å². The van der Waals surface area contributed by atoms with Gasteiger partial charge in [0.2, 0.25) is 5.91 Å². The summed E-state index contributed by atoms with van der Waals surface area (Å²) >= 11 is 0. The predicted molar refractivity (Wildman–Crippen MR) is 82.5 cm³/mol. The molecule has 6 nitrogen and oxygen atoms in total. The van der Waals surface area contributed by atoms with Gasteiger partial charge in [0.05, 0.1) is 31.6 Å². The Morgan fingerprint density at radius 1 is 1.48 bits per heavy atom. The second-order valence-corrected chi connectivity index (χ2v) is 5.35. The highest BCUT2D eigenvalue weighted by molar-refractivity contribution is 5.95. The standard InChI is InChI=1S/C15H23N3O3/c1-20-10-11-5-6-18(8-11)9-15(19)17-14-4-3-12(21-2)7-13(14)16/h3-4,7,11H,5-6,8-10,16H2,1-2H3,(H,17,19). The molecule has 0 aromatic heterocycles. The van der Waals surface area contributed by atoms with E-state index in [4.69, 9.17) is 15.2 Å². The molecule has 0 radical (unpaired) electrons. The molecule has 1 aliphatic rings. The lowest BCUT2D eigenvalue weighted by molar-refractivity contribution is -0.117. The Kier molecular flexibility index (Phi) is 5.41. The van der Waals surface area contributed by atoms with Gasteiger partial charge < -0.3 is 20.5 Å². The summed E-state index contributed by atoms with van der Waals surface area (Å²) in [6, 6.07) is 5.22. The highest BCUT2D eigenvalue weighted by Gasteiger charge is 2.23. The van der Waals surface area contributed by atoms with E-state index in [2.05, 4.69) is 10.2 Å². The number of methoxy groups -OCH3 is 2. The zero-order valence-corrected chi connectivity index (χ0v) is 12.6. The maximum Gasteiger partial charge on any atom is 0.238 e. The van der Waals surface area contributed by atoms with E-state index >= 15 is 0 Å². The number of amides is 1. The molecule has 6 heteroatoms. The Balaban J connectivity index is 1.85. The van der Waals surface area contributed by atoms with Crippen LogP contribution in [0.15, 0.2) is 18.2 Å². The molecule has 1 atom stereocenters. The summed E-state index contributed by atoms with van der Waals surface area (Å²) in [7, 11) is 3.29. The minimum Gasteiger partial charge on any atom is -0.497 e. The van der Waals surface area contributed by atoms with E-state index in [9.17, 15) is 4.79 Å².